The van der Waals surface area contributed by atoms with Crippen molar-refractivity contribution in [3.05, 3.63) is 12.2 Å². The van der Waals surface area contributed by atoms with Crippen molar-refractivity contribution in [2.45, 2.75) is 96.3 Å². The van der Waals surface area contributed by atoms with Gasteiger partial charge in [0.1, 0.15) is 0 Å². The number of ether oxygens (including phenoxy) is 2. The summed E-state index contributed by atoms with van der Waals surface area (Å²) in [4.78, 5) is 22.9. The zero-order chi connectivity index (χ0) is 21.3. The second-order valence-electron chi connectivity index (χ2n) is 6.83. The molecule has 0 fully saturated rings. The van der Waals surface area contributed by atoms with Crippen molar-refractivity contribution in [2.75, 3.05) is 6.61 Å². The summed E-state index contributed by atoms with van der Waals surface area (Å²) in [6.45, 7) is 3.94. The normalized spacial score (nSPS) is 12.4. The van der Waals surface area contributed by atoms with Gasteiger partial charge in [-0.15, -0.1) is 0 Å². The summed E-state index contributed by atoms with van der Waals surface area (Å²) in [5, 5.41) is 0. The number of unbranched alkanes of at least 4 members (excludes halogenated alkanes) is 10. The van der Waals surface area contributed by atoms with Crippen LogP contribution in [-0.2, 0) is 29.2 Å². The van der Waals surface area contributed by atoms with Crippen LogP contribution in [0.4, 0.5) is 0 Å². The molecule has 0 aromatic carbocycles. The van der Waals surface area contributed by atoms with Gasteiger partial charge in [-0.05, 0) is 12.8 Å². The Morgan fingerprint density at radius 1 is 0.828 bits per heavy atom. The van der Waals surface area contributed by atoms with Gasteiger partial charge in [-0.3, -0.25) is 4.55 Å². The number of carbonyl (C=O) groups is 2. The van der Waals surface area contributed by atoms with Gasteiger partial charge in [0.15, 0.2) is 0 Å². The van der Waals surface area contributed by atoms with E-state index in [1.165, 1.54) is 58.3 Å². The molecule has 0 aromatic heterocycles. The Balaban J connectivity index is 0. The first-order valence-electron chi connectivity index (χ1n) is 10.3. The van der Waals surface area contributed by atoms with E-state index in [4.69, 9.17) is 9.29 Å². The van der Waals surface area contributed by atoms with E-state index < -0.39 is 27.5 Å². The molecule has 0 aromatic rings. The van der Waals surface area contributed by atoms with Crippen LogP contribution in [0.1, 0.15) is 90.9 Å². The Hall–Kier alpha value is -0.410. The molecule has 7 nitrogen and oxygen atoms in total. The van der Waals surface area contributed by atoms with E-state index in [-0.39, 0.29) is 42.6 Å². The van der Waals surface area contributed by atoms with Crippen LogP contribution in [0.25, 0.3) is 0 Å². The number of carbonyl (C=O) groups excluding carboxylic acids is 2. The fraction of sp³-hybridized carbons (Fsp3) is 0.800. The molecule has 0 heterocycles. The van der Waals surface area contributed by atoms with E-state index in [9.17, 15) is 18.0 Å². The zero-order valence-electron chi connectivity index (χ0n) is 17.2. The monoisotopic (exact) mass is 444 g/mol. The average molecular weight is 445 g/mol. The van der Waals surface area contributed by atoms with Crippen LogP contribution < -0.4 is 0 Å². The first-order chi connectivity index (χ1) is 13.3. The molecule has 1 N–H and O–H groups in total. The Bertz CT molecular complexity index is 561. The first-order valence-corrected chi connectivity index (χ1v) is 11.8. The summed E-state index contributed by atoms with van der Waals surface area (Å²) in [6, 6.07) is 0. The molecule has 0 amide bonds. The summed E-state index contributed by atoms with van der Waals surface area (Å²) in [5.41, 5.74) is -1.64. The summed E-state index contributed by atoms with van der Waals surface area (Å²) in [7, 11) is -4.48. The Labute approximate surface area is 198 Å². The second kappa shape index (κ2) is 19.5. The number of hydrogen-bond acceptors (Lipinski definition) is 6. The van der Waals surface area contributed by atoms with Gasteiger partial charge in [0.25, 0.3) is 0 Å². The first kappa shape index (κ1) is 30.8. The summed E-state index contributed by atoms with van der Waals surface area (Å²) in [6.07, 6.45) is 14.8. The van der Waals surface area contributed by atoms with E-state index in [0.717, 1.165) is 31.4 Å². The van der Waals surface area contributed by atoms with E-state index in [2.05, 4.69) is 11.7 Å². The standard InChI is InChI=1S/C20H36O7S.Na.H/c1-3-5-6-7-8-9-10-11-12-13-14-17-26-18(21)15-16-19(22)27-20(4-2)28(23,24)25;;/h15-16,20H,3-14,17H2,1-2H3,(H,23,24,25);;/b16-15-;;. The van der Waals surface area contributed by atoms with Crippen LogP contribution in [-0.4, -0.2) is 66.5 Å². The molecule has 0 aliphatic rings. The van der Waals surface area contributed by atoms with Gasteiger partial charge >= 0.3 is 51.6 Å². The maximum absolute atomic E-state index is 11.5. The molecule has 0 spiro atoms. The fourth-order valence-electron chi connectivity index (χ4n) is 2.65. The molecule has 0 saturated carbocycles. The Morgan fingerprint density at radius 2 is 1.28 bits per heavy atom. The van der Waals surface area contributed by atoms with Crippen LogP contribution in [0.3, 0.4) is 0 Å². The Morgan fingerprint density at radius 3 is 1.72 bits per heavy atom. The molecule has 0 bridgehead atoms. The van der Waals surface area contributed by atoms with Crippen LogP contribution in [0, 0.1) is 0 Å². The molecular formula is C20H37NaO7S. The second-order valence-corrected chi connectivity index (χ2v) is 8.38. The third kappa shape index (κ3) is 19.3. The molecule has 0 radical (unpaired) electrons. The fourth-order valence-corrected chi connectivity index (χ4v) is 3.28. The van der Waals surface area contributed by atoms with Crippen molar-refractivity contribution < 1.29 is 32.0 Å². The SMILES string of the molecule is CCCCCCCCCCCCCOC(=O)/C=C\C(=O)OC(CC)S(=O)(=O)O.[NaH]. The van der Waals surface area contributed by atoms with E-state index in [1.807, 2.05) is 0 Å². The predicted octanol–water partition coefficient (Wildman–Crippen LogP) is 3.92. The molecule has 0 rings (SSSR count). The maximum atomic E-state index is 11.5. The van der Waals surface area contributed by atoms with Crippen molar-refractivity contribution >= 4 is 51.6 Å². The molecule has 1 atom stereocenters. The van der Waals surface area contributed by atoms with Gasteiger partial charge in [0, 0.05) is 12.2 Å². The van der Waals surface area contributed by atoms with Crippen molar-refractivity contribution in [2.24, 2.45) is 0 Å². The van der Waals surface area contributed by atoms with Gasteiger partial charge < -0.3 is 9.47 Å². The molecule has 9 heteroatoms. The van der Waals surface area contributed by atoms with E-state index in [0.29, 0.717) is 0 Å². The van der Waals surface area contributed by atoms with Gasteiger partial charge in [-0.1, -0.05) is 78.1 Å². The topological polar surface area (TPSA) is 107 Å². The van der Waals surface area contributed by atoms with Gasteiger partial charge in [-0.2, -0.15) is 8.42 Å². The number of esters is 2. The Kier molecular flexibility index (Phi) is 20.7. The summed E-state index contributed by atoms with van der Waals surface area (Å²) < 4.78 is 40.3. The van der Waals surface area contributed by atoms with Crippen LogP contribution in [0.5, 0.6) is 0 Å². The van der Waals surface area contributed by atoms with E-state index in [1.54, 1.807) is 0 Å². The molecular weight excluding hydrogens is 407 g/mol. The molecule has 1 unspecified atom stereocenters. The van der Waals surface area contributed by atoms with Gasteiger partial charge in [0.2, 0.25) is 5.44 Å². The summed E-state index contributed by atoms with van der Waals surface area (Å²) >= 11 is 0. The minimum atomic E-state index is -4.48. The van der Waals surface area contributed by atoms with Crippen molar-refractivity contribution in [3.8, 4) is 0 Å². The van der Waals surface area contributed by atoms with E-state index >= 15 is 0 Å². The van der Waals surface area contributed by atoms with Crippen molar-refractivity contribution in [3.63, 3.8) is 0 Å². The number of hydrogen-bond donors (Lipinski definition) is 1. The molecule has 29 heavy (non-hydrogen) atoms. The number of rotatable bonds is 17. The van der Waals surface area contributed by atoms with Crippen LogP contribution in [0.2, 0.25) is 0 Å². The van der Waals surface area contributed by atoms with Crippen molar-refractivity contribution in [1.82, 2.24) is 0 Å². The molecule has 166 valence electrons. The summed E-state index contributed by atoms with van der Waals surface area (Å²) in [5.74, 6) is -1.72. The minimum absolute atomic E-state index is 0. The van der Waals surface area contributed by atoms with Crippen molar-refractivity contribution in [1.29, 1.82) is 0 Å². The van der Waals surface area contributed by atoms with Crippen LogP contribution >= 0.6 is 0 Å². The van der Waals surface area contributed by atoms with Crippen LogP contribution in [0.15, 0.2) is 12.2 Å². The average Bonchev–Trinajstić information content (AvgIpc) is 2.64. The zero-order valence-corrected chi connectivity index (χ0v) is 18.0. The third-order valence-electron chi connectivity index (χ3n) is 4.26. The quantitative estimate of drug-likeness (QED) is 0.119. The van der Waals surface area contributed by atoms with Gasteiger partial charge in [0.05, 0.1) is 6.61 Å². The predicted molar refractivity (Wildman–Crippen MR) is 115 cm³/mol. The molecule has 0 aliphatic heterocycles. The van der Waals surface area contributed by atoms with Gasteiger partial charge in [-0.25, -0.2) is 9.59 Å². The molecule has 0 saturated heterocycles. The third-order valence-corrected chi connectivity index (χ3v) is 5.35. The molecule has 0 aliphatic carbocycles.